The van der Waals surface area contributed by atoms with E-state index in [1.165, 1.54) is 0 Å². The van der Waals surface area contributed by atoms with E-state index in [9.17, 15) is 13.2 Å². The van der Waals surface area contributed by atoms with Crippen LogP contribution in [0.1, 0.15) is 19.8 Å². The molecule has 2 N–H and O–H groups in total. The van der Waals surface area contributed by atoms with Crippen LogP contribution in [-0.4, -0.2) is 44.5 Å². The third-order valence-electron chi connectivity index (χ3n) is 2.69. The third kappa shape index (κ3) is 3.73. The molecule has 1 aliphatic rings. The molecule has 0 spiro atoms. The van der Waals surface area contributed by atoms with Crippen LogP contribution in [0.5, 0.6) is 0 Å². The average Bonchev–Trinajstić information content (AvgIpc) is 2.69. The van der Waals surface area contributed by atoms with E-state index in [-0.39, 0.29) is 6.54 Å². The molecule has 1 fully saturated rings. The summed E-state index contributed by atoms with van der Waals surface area (Å²) in [5.41, 5.74) is 0. The van der Waals surface area contributed by atoms with E-state index in [1.54, 1.807) is 0 Å². The fourth-order valence-corrected chi connectivity index (χ4v) is 2.39. The van der Waals surface area contributed by atoms with Gasteiger partial charge in [-0.3, -0.25) is 4.79 Å². The van der Waals surface area contributed by atoms with E-state index in [4.69, 9.17) is 9.84 Å². The molecular formula is C9H17NO5S. The number of ether oxygens (including phenoxy) is 1. The molecule has 0 aromatic heterocycles. The van der Waals surface area contributed by atoms with Crippen LogP contribution in [0.4, 0.5) is 0 Å². The maximum atomic E-state index is 11.4. The van der Waals surface area contributed by atoms with Crippen LogP contribution >= 0.6 is 0 Å². The van der Waals surface area contributed by atoms with Crippen molar-refractivity contribution in [3.05, 3.63) is 0 Å². The monoisotopic (exact) mass is 251 g/mol. The first kappa shape index (κ1) is 13.4. The molecule has 0 aromatic rings. The quantitative estimate of drug-likeness (QED) is 0.682. The Labute approximate surface area is 95.0 Å². The number of nitrogens with one attached hydrogen (secondary N) is 1. The van der Waals surface area contributed by atoms with Gasteiger partial charge < -0.3 is 9.84 Å². The molecule has 0 amide bonds. The van der Waals surface area contributed by atoms with Crippen molar-refractivity contribution in [1.82, 2.24) is 4.72 Å². The van der Waals surface area contributed by atoms with E-state index >= 15 is 0 Å². The highest BCUT2D eigenvalue weighted by Gasteiger charge is 2.27. The predicted octanol–water partition coefficient (Wildman–Crippen LogP) is -0.194. The number of carboxylic acid groups (broad SMARTS) is 1. The maximum absolute atomic E-state index is 11.4. The average molecular weight is 251 g/mol. The Morgan fingerprint density at radius 1 is 1.62 bits per heavy atom. The Morgan fingerprint density at radius 2 is 2.31 bits per heavy atom. The van der Waals surface area contributed by atoms with Crippen LogP contribution in [0.2, 0.25) is 0 Å². The molecule has 0 aliphatic carbocycles. The van der Waals surface area contributed by atoms with Crippen LogP contribution < -0.4 is 4.72 Å². The van der Waals surface area contributed by atoms with Crippen LogP contribution in [-0.2, 0) is 19.6 Å². The minimum atomic E-state index is -3.74. The summed E-state index contributed by atoms with van der Waals surface area (Å²) in [7, 11) is -3.74. The van der Waals surface area contributed by atoms with E-state index in [0.717, 1.165) is 20.0 Å². The molecule has 94 valence electrons. The van der Waals surface area contributed by atoms with Gasteiger partial charge in [0.05, 0.1) is 0 Å². The molecule has 0 bridgehead atoms. The van der Waals surface area contributed by atoms with Crippen molar-refractivity contribution in [2.75, 3.05) is 19.8 Å². The molecule has 6 nitrogen and oxygen atoms in total. The smallest absolute Gasteiger partial charge is 0.323 e. The van der Waals surface area contributed by atoms with Crippen LogP contribution in [0.25, 0.3) is 0 Å². The van der Waals surface area contributed by atoms with Crippen molar-refractivity contribution < 1.29 is 23.1 Å². The van der Waals surface area contributed by atoms with Gasteiger partial charge in [0, 0.05) is 19.8 Å². The van der Waals surface area contributed by atoms with E-state index in [1.807, 2.05) is 0 Å². The number of carboxylic acids is 1. The second-order valence-corrected chi connectivity index (χ2v) is 6.02. The van der Waals surface area contributed by atoms with Gasteiger partial charge in [0.15, 0.2) is 5.25 Å². The van der Waals surface area contributed by atoms with Gasteiger partial charge in [0.2, 0.25) is 10.0 Å². The van der Waals surface area contributed by atoms with E-state index in [2.05, 4.69) is 4.72 Å². The Balaban J connectivity index is 2.33. The van der Waals surface area contributed by atoms with Crippen LogP contribution in [0.15, 0.2) is 0 Å². The lowest BCUT2D eigenvalue weighted by molar-refractivity contribution is -0.136. The number of hydrogen-bond acceptors (Lipinski definition) is 4. The third-order valence-corrected chi connectivity index (χ3v) is 4.43. The molecule has 0 saturated carbocycles. The molecule has 2 atom stereocenters. The molecule has 0 aromatic carbocycles. The summed E-state index contributed by atoms with van der Waals surface area (Å²) >= 11 is 0. The van der Waals surface area contributed by atoms with E-state index in [0.29, 0.717) is 18.9 Å². The molecule has 1 saturated heterocycles. The van der Waals surface area contributed by atoms with E-state index < -0.39 is 21.2 Å². The maximum Gasteiger partial charge on any atom is 0.323 e. The SMILES string of the molecule is CC(C(=O)O)S(=O)(=O)NCCC1CCOC1. The lowest BCUT2D eigenvalue weighted by atomic mass is 10.1. The van der Waals surface area contributed by atoms with Crippen LogP contribution in [0, 0.1) is 5.92 Å². The highest BCUT2D eigenvalue weighted by Crippen LogP contribution is 2.15. The summed E-state index contributed by atoms with van der Waals surface area (Å²) in [6, 6.07) is 0. The minimum absolute atomic E-state index is 0.272. The molecule has 1 rings (SSSR count). The summed E-state index contributed by atoms with van der Waals surface area (Å²) in [5, 5.41) is 7.18. The molecule has 1 aliphatic heterocycles. The molecule has 1 heterocycles. The van der Waals surface area contributed by atoms with Crippen molar-refractivity contribution in [2.24, 2.45) is 5.92 Å². The first-order valence-corrected chi connectivity index (χ1v) is 6.77. The fourth-order valence-electron chi connectivity index (χ4n) is 1.47. The standard InChI is InChI=1S/C9H17NO5S/c1-7(9(11)12)16(13,14)10-4-2-8-3-5-15-6-8/h7-8,10H,2-6H2,1H3,(H,11,12). The Kier molecular flexibility index (Phi) is 4.69. The van der Waals surface area contributed by atoms with Gasteiger partial charge in [-0.25, -0.2) is 13.1 Å². The predicted molar refractivity (Wildman–Crippen MR) is 57.6 cm³/mol. The largest absolute Gasteiger partial charge is 0.480 e. The number of hydrogen-bond donors (Lipinski definition) is 2. The number of rotatable bonds is 6. The fraction of sp³-hybridized carbons (Fsp3) is 0.889. The Bertz CT molecular complexity index is 334. The van der Waals surface area contributed by atoms with Crippen molar-refractivity contribution in [3.63, 3.8) is 0 Å². The summed E-state index contributed by atoms with van der Waals surface area (Å²) in [6.45, 7) is 2.82. The summed E-state index contributed by atoms with van der Waals surface area (Å²) < 4.78 is 30.3. The van der Waals surface area contributed by atoms with Gasteiger partial charge in [-0.2, -0.15) is 0 Å². The lowest BCUT2D eigenvalue weighted by Crippen LogP contribution is -2.38. The van der Waals surface area contributed by atoms with Gasteiger partial charge in [0.25, 0.3) is 0 Å². The number of sulfonamides is 1. The van der Waals surface area contributed by atoms with Gasteiger partial charge in [-0.15, -0.1) is 0 Å². The normalized spacial score (nSPS) is 23.2. The highest BCUT2D eigenvalue weighted by atomic mass is 32.2. The first-order chi connectivity index (χ1) is 7.43. The molecule has 16 heavy (non-hydrogen) atoms. The zero-order chi connectivity index (χ0) is 12.2. The van der Waals surface area contributed by atoms with Gasteiger partial charge in [-0.05, 0) is 25.7 Å². The molecule has 2 unspecified atom stereocenters. The van der Waals surface area contributed by atoms with Crippen molar-refractivity contribution in [2.45, 2.75) is 25.0 Å². The lowest BCUT2D eigenvalue weighted by Gasteiger charge is -2.11. The number of aliphatic carboxylic acids is 1. The molecule has 7 heteroatoms. The Morgan fingerprint density at radius 3 is 2.81 bits per heavy atom. The topological polar surface area (TPSA) is 92.7 Å². The minimum Gasteiger partial charge on any atom is -0.480 e. The van der Waals surface area contributed by atoms with Gasteiger partial charge in [-0.1, -0.05) is 0 Å². The molecular weight excluding hydrogens is 234 g/mol. The van der Waals surface area contributed by atoms with Crippen molar-refractivity contribution >= 4 is 16.0 Å². The highest BCUT2D eigenvalue weighted by molar-refractivity contribution is 7.90. The van der Waals surface area contributed by atoms with Crippen molar-refractivity contribution in [1.29, 1.82) is 0 Å². The van der Waals surface area contributed by atoms with Gasteiger partial charge in [0.1, 0.15) is 0 Å². The zero-order valence-corrected chi connectivity index (χ0v) is 10.00. The second kappa shape index (κ2) is 5.60. The first-order valence-electron chi connectivity index (χ1n) is 5.22. The zero-order valence-electron chi connectivity index (χ0n) is 9.18. The number of carbonyl (C=O) groups is 1. The van der Waals surface area contributed by atoms with Crippen LogP contribution in [0.3, 0.4) is 0 Å². The van der Waals surface area contributed by atoms with Crippen molar-refractivity contribution in [3.8, 4) is 0 Å². The van der Waals surface area contributed by atoms with Gasteiger partial charge >= 0.3 is 5.97 Å². The second-order valence-electron chi connectivity index (χ2n) is 3.94. The summed E-state index contributed by atoms with van der Waals surface area (Å²) in [5.74, 6) is -0.959. The summed E-state index contributed by atoms with van der Waals surface area (Å²) in [4.78, 5) is 10.5. The molecule has 0 radical (unpaired) electrons. The Hall–Kier alpha value is -0.660. The summed E-state index contributed by atoms with van der Waals surface area (Å²) in [6.07, 6.45) is 1.63.